The van der Waals surface area contributed by atoms with Crippen LogP contribution in [0.5, 0.6) is 5.75 Å². The maximum absolute atomic E-state index is 11.8. The molecule has 1 aromatic rings. The van der Waals surface area contributed by atoms with Crippen molar-refractivity contribution in [3.63, 3.8) is 0 Å². The van der Waals surface area contributed by atoms with Gasteiger partial charge in [0.05, 0.1) is 17.5 Å². The Labute approximate surface area is 92.5 Å². The molecule has 2 amide bonds. The molecule has 0 bridgehead atoms. The molecule has 1 saturated carbocycles. The second kappa shape index (κ2) is 2.84. The lowest BCUT2D eigenvalue weighted by Crippen LogP contribution is -2.32. The number of aromatic hydroxyl groups is 1. The number of benzene rings is 1. The van der Waals surface area contributed by atoms with Gasteiger partial charge >= 0.3 is 0 Å². The van der Waals surface area contributed by atoms with Crippen LogP contribution in [0.3, 0.4) is 0 Å². The van der Waals surface area contributed by atoms with Crippen molar-refractivity contribution in [2.75, 3.05) is 4.90 Å². The number of amides is 2. The first-order valence-corrected chi connectivity index (χ1v) is 5.27. The fourth-order valence-corrected chi connectivity index (χ4v) is 2.21. The van der Waals surface area contributed by atoms with E-state index in [1.165, 1.54) is 11.0 Å². The third kappa shape index (κ3) is 1.10. The van der Waals surface area contributed by atoms with E-state index in [1.54, 1.807) is 19.1 Å². The van der Waals surface area contributed by atoms with Crippen LogP contribution >= 0.6 is 0 Å². The maximum atomic E-state index is 11.8. The lowest BCUT2D eigenvalue weighted by Gasteiger charge is -2.17. The van der Waals surface area contributed by atoms with E-state index >= 15 is 0 Å². The van der Waals surface area contributed by atoms with Crippen LogP contribution in [0.2, 0.25) is 0 Å². The van der Waals surface area contributed by atoms with E-state index in [0.29, 0.717) is 17.7 Å². The molecule has 1 aromatic carbocycles. The number of anilines is 1. The summed E-state index contributed by atoms with van der Waals surface area (Å²) in [5.74, 6) is -0.184. The number of fused-ring (bicyclic) bond motifs is 1. The van der Waals surface area contributed by atoms with Gasteiger partial charge < -0.3 is 5.11 Å². The first-order valence-electron chi connectivity index (χ1n) is 5.27. The van der Waals surface area contributed by atoms with Gasteiger partial charge in [-0.15, -0.1) is 0 Å². The molecule has 0 spiro atoms. The van der Waals surface area contributed by atoms with Gasteiger partial charge in [-0.1, -0.05) is 0 Å². The Hall–Kier alpha value is -1.84. The molecule has 1 aliphatic heterocycles. The lowest BCUT2D eigenvalue weighted by molar-refractivity contribution is -0.123. The summed E-state index contributed by atoms with van der Waals surface area (Å²) < 4.78 is 0. The molecule has 0 radical (unpaired) electrons. The van der Waals surface area contributed by atoms with E-state index in [9.17, 15) is 14.7 Å². The van der Waals surface area contributed by atoms with Gasteiger partial charge in [0.25, 0.3) is 0 Å². The number of piperidine rings is 1. The van der Waals surface area contributed by atoms with Gasteiger partial charge in [0.15, 0.2) is 0 Å². The van der Waals surface area contributed by atoms with Crippen LogP contribution in [-0.2, 0) is 9.59 Å². The predicted molar refractivity (Wildman–Crippen MR) is 56.9 cm³/mol. The van der Waals surface area contributed by atoms with E-state index in [4.69, 9.17) is 0 Å². The fraction of sp³-hybridized carbons (Fsp3) is 0.333. The molecule has 2 unspecified atom stereocenters. The van der Waals surface area contributed by atoms with Crippen LogP contribution in [0, 0.1) is 18.8 Å². The Morgan fingerprint density at radius 1 is 1.25 bits per heavy atom. The molecule has 2 aliphatic rings. The normalized spacial score (nSPS) is 27.2. The Morgan fingerprint density at radius 2 is 1.88 bits per heavy atom. The Balaban J connectivity index is 2.01. The van der Waals surface area contributed by atoms with Crippen LogP contribution in [0.25, 0.3) is 0 Å². The lowest BCUT2D eigenvalue weighted by atomic mass is 10.2. The molecule has 1 aliphatic carbocycles. The first kappa shape index (κ1) is 9.39. The molecule has 4 nitrogen and oxygen atoms in total. The molecule has 1 N–H and O–H groups in total. The van der Waals surface area contributed by atoms with E-state index < -0.39 is 0 Å². The van der Waals surface area contributed by atoms with Crippen LogP contribution in [0.4, 0.5) is 5.69 Å². The summed E-state index contributed by atoms with van der Waals surface area (Å²) in [5, 5.41) is 9.39. The molecule has 4 heteroatoms. The number of hydrogen-bond donors (Lipinski definition) is 1. The number of phenols is 1. The van der Waals surface area contributed by atoms with Crippen molar-refractivity contribution in [3.8, 4) is 5.75 Å². The molecule has 82 valence electrons. The van der Waals surface area contributed by atoms with Gasteiger partial charge in [0, 0.05) is 0 Å². The SMILES string of the molecule is Cc1cc(N2C(=O)C3CC3C2=O)ccc1O. The van der Waals surface area contributed by atoms with Gasteiger partial charge in [-0.05, 0) is 37.1 Å². The van der Waals surface area contributed by atoms with Crippen molar-refractivity contribution < 1.29 is 14.7 Å². The number of aryl methyl sites for hydroxylation is 1. The van der Waals surface area contributed by atoms with Crippen LogP contribution in [-0.4, -0.2) is 16.9 Å². The summed E-state index contributed by atoms with van der Waals surface area (Å²) in [6.07, 6.45) is 0.714. The molecule has 1 saturated heterocycles. The second-order valence-corrected chi connectivity index (χ2v) is 4.43. The highest BCUT2D eigenvalue weighted by atomic mass is 16.3. The topological polar surface area (TPSA) is 57.6 Å². The van der Waals surface area contributed by atoms with Gasteiger partial charge in [-0.2, -0.15) is 0 Å². The number of rotatable bonds is 1. The van der Waals surface area contributed by atoms with Crippen LogP contribution in [0.1, 0.15) is 12.0 Å². The third-order valence-corrected chi connectivity index (χ3v) is 3.30. The monoisotopic (exact) mass is 217 g/mol. The van der Waals surface area contributed by atoms with E-state index in [1.807, 2.05) is 0 Å². The summed E-state index contributed by atoms with van der Waals surface area (Å²) in [4.78, 5) is 24.8. The zero-order chi connectivity index (χ0) is 11.4. The summed E-state index contributed by atoms with van der Waals surface area (Å²) >= 11 is 0. The van der Waals surface area contributed by atoms with Crippen molar-refractivity contribution in [1.82, 2.24) is 0 Å². The van der Waals surface area contributed by atoms with Gasteiger partial charge in [0.1, 0.15) is 5.75 Å². The summed E-state index contributed by atoms with van der Waals surface area (Å²) in [6.45, 7) is 1.74. The average molecular weight is 217 g/mol. The fourth-order valence-electron chi connectivity index (χ4n) is 2.21. The van der Waals surface area contributed by atoms with Gasteiger partial charge in [-0.25, -0.2) is 0 Å². The Bertz CT molecular complexity index is 489. The maximum Gasteiger partial charge on any atom is 0.237 e. The number of carbonyl (C=O) groups is 2. The zero-order valence-electron chi connectivity index (χ0n) is 8.80. The Morgan fingerprint density at radius 3 is 2.44 bits per heavy atom. The van der Waals surface area contributed by atoms with Crippen LogP contribution in [0.15, 0.2) is 18.2 Å². The molecule has 0 aromatic heterocycles. The summed E-state index contributed by atoms with van der Waals surface area (Å²) in [6, 6.07) is 4.77. The summed E-state index contributed by atoms with van der Waals surface area (Å²) in [7, 11) is 0. The molecular formula is C12H11NO3. The van der Waals surface area contributed by atoms with E-state index in [0.717, 1.165) is 0 Å². The molecule has 1 heterocycles. The average Bonchev–Trinajstić information content (AvgIpc) is 2.98. The predicted octanol–water partition coefficient (Wildman–Crippen LogP) is 1.21. The van der Waals surface area contributed by atoms with Gasteiger partial charge in [0.2, 0.25) is 11.8 Å². The number of nitrogens with zero attached hydrogens (tertiary/aromatic N) is 1. The van der Waals surface area contributed by atoms with Crippen molar-refractivity contribution in [3.05, 3.63) is 23.8 Å². The number of carbonyl (C=O) groups excluding carboxylic acids is 2. The Kier molecular flexibility index (Phi) is 1.67. The van der Waals surface area contributed by atoms with Gasteiger partial charge in [-0.3, -0.25) is 14.5 Å². The molecular weight excluding hydrogens is 206 g/mol. The zero-order valence-corrected chi connectivity index (χ0v) is 8.80. The van der Waals surface area contributed by atoms with E-state index in [-0.39, 0.29) is 29.4 Å². The van der Waals surface area contributed by atoms with Crippen molar-refractivity contribution in [1.29, 1.82) is 0 Å². The minimum atomic E-state index is -0.0971. The summed E-state index contributed by atoms with van der Waals surface area (Å²) in [5.41, 5.74) is 1.23. The minimum Gasteiger partial charge on any atom is -0.508 e. The van der Waals surface area contributed by atoms with E-state index in [2.05, 4.69) is 0 Å². The molecule has 2 atom stereocenters. The number of phenolic OH excluding ortho intramolecular Hbond substituents is 1. The molecule has 3 rings (SSSR count). The quantitative estimate of drug-likeness (QED) is 0.719. The van der Waals surface area contributed by atoms with Crippen LogP contribution < -0.4 is 4.90 Å². The van der Waals surface area contributed by atoms with Crippen molar-refractivity contribution in [2.45, 2.75) is 13.3 Å². The van der Waals surface area contributed by atoms with Crippen molar-refractivity contribution >= 4 is 17.5 Å². The highest BCUT2D eigenvalue weighted by molar-refractivity contribution is 6.24. The second-order valence-electron chi connectivity index (χ2n) is 4.43. The molecule has 16 heavy (non-hydrogen) atoms. The molecule has 2 fully saturated rings. The standard InChI is InChI=1S/C12H11NO3/c1-6-4-7(2-3-10(6)14)13-11(15)8-5-9(8)12(13)16/h2-4,8-9,14H,5H2,1H3. The third-order valence-electron chi connectivity index (χ3n) is 3.30. The number of imide groups is 1. The number of hydrogen-bond acceptors (Lipinski definition) is 3. The first-order chi connectivity index (χ1) is 7.59. The minimum absolute atomic E-state index is 0.0818. The smallest absolute Gasteiger partial charge is 0.237 e. The highest BCUT2D eigenvalue weighted by Crippen LogP contribution is 2.48. The van der Waals surface area contributed by atoms with Crippen molar-refractivity contribution in [2.24, 2.45) is 11.8 Å². The largest absolute Gasteiger partial charge is 0.508 e. The highest BCUT2D eigenvalue weighted by Gasteiger charge is 2.59.